The number of amides is 3. The SMILES string of the molecule is CNC(=O)c1cccc(NC(=O)c2ccccc2NC(=O)c2cccc(C)c2)c1. The Morgan fingerprint density at radius 3 is 2.10 bits per heavy atom. The van der Waals surface area contributed by atoms with Crippen LogP contribution in [0.15, 0.2) is 72.8 Å². The average molecular weight is 387 g/mol. The van der Waals surface area contributed by atoms with Crippen molar-refractivity contribution >= 4 is 29.1 Å². The van der Waals surface area contributed by atoms with E-state index in [1.54, 1.807) is 67.7 Å². The molecule has 3 amide bonds. The van der Waals surface area contributed by atoms with Crippen molar-refractivity contribution in [2.75, 3.05) is 17.7 Å². The number of benzene rings is 3. The molecule has 6 heteroatoms. The summed E-state index contributed by atoms with van der Waals surface area (Å²) in [7, 11) is 1.54. The number of rotatable bonds is 5. The molecular formula is C23H21N3O3. The van der Waals surface area contributed by atoms with Crippen molar-refractivity contribution in [2.45, 2.75) is 6.92 Å². The second kappa shape index (κ2) is 8.84. The molecule has 0 radical (unpaired) electrons. The summed E-state index contributed by atoms with van der Waals surface area (Å²) in [6, 6.07) is 20.6. The van der Waals surface area contributed by atoms with E-state index < -0.39 is 0 Å². The topological polar surface area (TPSA) is 87.3 Å². The molecule has 0 spiro atoms. The first kappa shape index (κ1) is 19.8. The highest BCUT2D eigenvalue weighted by atomic mass is 16.2. The van der Waals surface area contributed by atoms with E-state index in [4.69, 9.17) is 0 Å². The van der Waals surface area contributed by atoms with Crippen LogP contribution in [0.1, 0.15) is 36.6 Å². The first-order chi connectivity index (χ1) is 14.0. The van der Waals surface area contributed by atoms with E-state index in [1.807, 2.05) is 19.1 Å². The Morgan fingerprint density at radius 2 is 1.38 bits per heavy atom. The summed E-state index contributed by atoms with van der Waals surface area (Å²) in [5.74, 6) is -0.929. The first-order valence-corrected chi connectivity index (χ1v) is 9.08. The lowest BCUT2D eigenvalue weighted by Crippen LogP contribution is -2.19. The number of hydrogen-bond donors (Lipinski definition) is 3. The molecule has 0 atom stereocenters. The lowest BCUT2D eigenvalue weighted by molar-refractivity contribution is 0.0960. The van der Waals surface area contributed by atoms with Crippen molar-refractivity contribution in [3.8, 4) is 0 Å². The largest absolute Gasteiger partial charge is 0.355 e. The predicted molar refractivity (Wildman–Crippen MR) is 113 cm³/mol. The van der Waals surface area contributed by atoms with E-state index >= 15 is 0 Å². The lowest BCUT2D eigenvalue weighted by atomic mass is 10.1. The van der Waals surface area contributed by atoms with Gasteiger partial charge in [0.15, 0.2) is 0 Å². The monoisotopic (exact) mass is 387 g/mol. The summed E-state index contributed by atoms with van der Waals surface area (Å²) in [6.07, 6.45) is 0. The van der Waals surface area contributed by atoms with Gasteiger partial charge in [0.25, 0.3) is 17.7 Å². The molecule has 0 aliphatic heterocycles. The Morgan fingerprint density at radius 1 is 0.690 bits per heavy atom. The molecule has 0 heterocycles. The van der Waals surface area contributed by atoms with Gasteiger partial charge in [0.1, 0.15) is 0 Å². The number of carbonyl (C=O) groups excluding carboxylic acids is 3. The second-order valence-electron chi connectivity index (χ2n) is 6.48. The number of hydrogen-bond acceptors (Lipinski definition) is 3. The molecule has 29 heavy (non-hydrogen) atoms. The van der Waals surface area contributed by atoms with Gasteiger partial charge < -0.3 is 16.0 Å². The first-order valence-electron chi connectivity index (χ1n) is 9.08. The minimum Gasteiger partial charge on any atom is -0.355 e. The van der Waals surface area contributed by atoms with Gasteiger partial charge in [0.2, 0.25) is 0 Å². The fourth-order valence-corrected chi connectivity index (χ4v) is 2.85. The highest BCUT2D eigenvalue weighted by Crippen LogP contribution is 2.19. The molecule has 0 fully saturated rings. The molecule has 0 bridgehead atoms. The Bertz CT molecular complexity index is 1080. The van der Waals surface area contributed by atoms with Crippen LogP contribution < -0.4 is 16.0 Å². The maximum Gasteiger partial charge on any atom is 0.257 e. The summed E-state index contributed by atoms with van der Waals surface area (Å²) in [4.78, 5) is 37.1. The number of para-hydroxylation sites is 1. The van der Waals surface area contributed by atoms with Crippen molar-refractivity contribution in [2.24, 2.45) is 0 Å². The van der Waals surface area contributed by atoms with Gasteiger partial charge in [-0.2, -0.15) is 0 Å². The lowest BCUT2D eigenvalue weighted by Gasteiger charge is -2.12. The van der Waals surface area contributed by atoms with E-state index in [2.05, 4.69) is 16.0 Å². The van der Waals surface area contributed by atoms with E-state index in [0.29, 0.717) is 28.1 Å². The van der Waals surface area contributed by atoms with Gasteiger partial charge in [-0.15, -0.1) is 0 Å². The molecule has 0 saturated heterocycles. The number of anilines is 2. The summed E-state index contributed by atoms with van der Waals surface area (Å²) in [6.45, 7) is 1.91. The maximum atomic E-state index is 12.8. The summed E-state index contributed by atoms with van der Waals surface area (Å²) >= 11 is 0. The van der Waals surface area contributed by atoms with E-state index in [0.717, 1.165) is 5.56 Å². The third-order valence-corrected chi connectivity index (χ3v) is 4.31. The molecule has 3 N–H and O–H groups in total. The molecule has 0 aromatic heterocycles. The van der Waals surface area contributed by atoms with Crippen molar-refractivity contribution in [3.05, 3.63) is 95.1 Å². The van der Waals surface area contributed by atoms with Gasteiger partial charge in [-0.3, -0.25) is 14.4 Å². The highest BCUT2D eigenvalue weighted by Gasteiger charge is 2.15. The van der Waals surface area contributed by atoms with Crippen LogP contribution in [0.5, 0.6) is 0 Å². The van der Waals surface area contributed by atoms with Gasteiger partial charge in [-0.05, 0) is 49.4 Å². The van der Waals surface area contributed by atoms with Crippen LogP contribution in [0.2, 0.25) is 0 Å². The van der Waals surface area contributed by atoms with Crippen molar-refractivity contribution in [1.82, 2.24) is 5.32 Å². The quantitative estimate of drug-likeness (QED) is 0.621. The number of aryl methyl sites for hydroxylation is 1. The average Bonchev–Trinajstić information content (AvgIpc) is 2.73. The molecule has 0 unspecified atom stereocenters. The molecule has 0 aliphatic rings. The Kier molecular flexibility index (Phi) is 6.04. The second-order valence-corrected chi connectivity index (χ2v) is 6.48. The van der Waals surface area contributed by atoms with E-state index in [9.17, 15) is 14.4 Å². The van der Waals surface area contributed by atoms with Crippen molar-refractivity contribution in [1.29, 1.82) is 0 Å². The predicted octanol–water partition coefficient (Wildman–Crippen LogP) is 3.86. The Labute approximate surface area is 169 Å². The standard InChI is InChI=1S/C23H21N3O3/c1-15-7-5-8-16(13-15)22(28)26-20-12-4-3-11-19(20)23(29)25-18-10-6-9-17(14-18)21(27)24-2/h3-14H,1-2H3,(H,24,27)(H,25,29)(H,26,28). The Balaban J connectivity index is 1.80. The van der Waals surface area contributed by atoms with E-state index in [1.165, 1.54) is 0 Å². The zero-order valence-corrected chi connectivity index (χ0v) is 16.2. The normalized spacial score (nSPS) is 10.1. The maximum absolute atomic E-state index is 12.8. The summed E-state index contributed by atoms with van der Waals surface area (Å²) in [5, 5.41) is 8.11. The molecule has 0 aliphatic carbocycles. The van der Waals surface area contributed by atoms with Crippen LogP contribution in [-0.2, 0) is 0 Å². The van der Waals surface area contributed by atoms with E-state index in [-0.39, 0.29) is 17.7 Å². The highest BCUT2D eigenvalue weighted by molar-refractivity contribution is 6.12. The number of nitrogens with one attached hydrogen (secondary N) is 3. The summed E-state index contributed by atoms with van der Waals surface area (Å²) in [5.41, 5.74) is 3.12. The van der Waals surface area contributed by atoms with Crippen molar-refractivity contribution in [3.63, 3.8) is 0 Å². The molecule has 3 rings (SSSR count). The molecule has 3 aromatic carbocycles. The van der Waals surface area contributed by atoms with Crippen LogP contribution in [0.25, 0.3) is 0 Å². The zero-order chi connectivity index (χ0) is 20.8. The Hall–Kier alpha value is -3.93. The fourth-order valence-electron chi connectivity index (χ4n) is 2.85. The molecule has 3 aromatic rings. The zero-order valence-electron chi connectivity index (χ0n) is 16.2. The third-order valence-electron chi connectivity index (χ3n) is 4.31. The van der Waals surface area contributed by atoms with Crippen LogP contribution in [0.4, 0.5) is 11.4 Å². The van der Waals surface area contributed by atoms with Gasteiger partial charge >= 0.3 is 0 Å². The number of carbonyl (C=O) groups is 3. The van der Waals surface area contributed by atoms with Crippen molar-refractivity contribution < 1.29 is 14.4 Å². The molecule has 6 nitrogen and oxygen atoms in total. The van der Waals surface area contributed by atoms with Gasteiger partial charge in [0.05, 0.1) is 11.3 Å². The smallest absolute Gasteiger partial charge is 0.257 e. The minimum atomic E-state index is -0.390. The molecular weight excluding hydrogens is 366 g/mol. The fraction of sp³-hybridized carbons (Fsp3) is 0.0870. The molecule has 146 valence electrons. The molecule has 0 saturated carbocycles. The van der Waals surface area contributed by atoms with Gasteiger partial charge in [-0.1, -0.05) is 35.9 Å². The van der Waals surface area contributed by atoms with Crippen LogP contribution in [0, 0.1) is 6.92 Å². The van der Waals surface area contributed by atoms with Crippen LogP contribution in [0.3, 0.4) is 0 Å². The van der Waals surface area contributed by atoms with Gasteiger partial charge in [-0.25, -0.2) is 0 Å². The third kappa shape index (κ3) is 4.87. The summed E-state index contributed by atoms with van der Waals surface area (Å²) < 4.78 is 0. The van der Waals surface area contributed by atoms with Gasteiger partial charge in [0, 0.05) is 23.9 Å². The van der Waals surface area contributed by atoms with Crippen LogP contribution in [-0.4, -0.2) is 24.8 Å². The van der Waals surface area contributed by atoms with Crippen LogP contribution >= 0.6 is 0 Å². The minimum absolute atomic E-state index is 0.244.